The molecule has 0 aliphatic carbocycles. The van der Waals surface area contributed by atoms with Crippen molar-refractivity contribution in [3.63, 3.8) is 0 Å². The van der Waals surface area contributed by atoms with E-state index in [1.807, 2.05) is 0 Å². The zero-order chi connectivity index (χ0) is 26.1. The van der Waals surface area contributed by atoms with Crippen LogP contribution in [0, 0.1) is 0 Å². The van der Waals surface area contributed by atoms with Crippen LogP contribution in [0.2, 0.25) is 0 Å². The van der Waals surface area contributed by atoms with Gasteiger partial charge in [-0.15, -0.1) is 0 Å². The lowest BCUT2D eigenvalue weighted by molar-refractivity contribution is 0.590. The highest BCUT2D eigenvalue weighted by atomic mass is 79.9. The number of fused-ring (bicyclic) bond motifs is 4. The Kier molecular flexibility index (Phi) is 5.59. The Morgan fingerprint density at radius 2 is 1.19 bits per heavy atom. The lowest BCUT2D eigenvalue weighted by Gasteiger charge is -2.19. The Balaban J connectivity index is 1.56. The topological polar surface area (TPSA) is 30.7 Å². The molecule has 37 heavy (non-hydrogen) atoms. The van der Waals surface area contributed by atoms with Crippen LogP contribution in [0.15, 0.2) is 77.3 Å². The van der Waals surface area contributed by atoms with Gasteiger partial charge >= 0.3 is 0 Å². The van der Waals surface area contributed by atoms with Crippen molar-refractivity contribution in [2.24, 2.45) is 0 Å². The zero-order valence-corrected chi connectivity index (χ0v) is 24.5. The van der Waals surface area contributed by atoms with Gasteiger partial charge in [-0.05, 0) is 85.9 Å². The van der Waals surface area contributed by atoms with Gasteiger partial charge < -0.3 is 4.57 Å². The van der Waals surface area contributed by atoms with Crippen LogP contribution in [0.1, 0.15) is 52.7 Å². The minimum Gasteiger partial charge on any atom is -0.309 e. The average Bonchev–Trinajstić information content (AvgIpc) is 3.47. The smallest absolute Gasteiger partial charge is 0.119 e. The minimum atomic E-state index is 0.0897. The summed E-state index contributed by atoms with van der Waals surface area (Å²) in [5.41, 5.74) is 10.6. The summed E-state index contributed by atoms with van der Waals surface area (Å²) in [6.45, 7) is 13.7. The van der Waals surface area contributed by atoms with Crippen LogP contribution in [0.4, 0.5) is 0 Å². The second-order valence-electron chi connectivity index (χ2n) is 11.9. The highest BCUT2D eigenvalue weighted by Crippen LogP contribution is 2.38. The van der Waals surface area contributed by atoms with Crippen molar-refractivity contribution in [1.82, 2.24) is 13.3 Å². The van der Waals surface area contributed by atoms with Gasteiger partial charge in [0.1, 0.15) is 11.0 Å². The minimum absolute atomic E-state index is 0.0897. The molecule has 0 bridgehead atoms. The van der Waals surface area contributed by atoms with E-state index in [0.717, 1.165) is 32.3 Å². The monoisotopic (exact) mass is 567 g/mol. The van der Waals surface area contributed by atoms with Crippen LogP contribution in [-0.2, 0) is 10.8 Å². The van der Waals surface area contributed by atoms with Crippen LogP contribution in [-0.4, -0.2) is 13.3 Å². The summed E-state index contributed by atoms with van der Waals surface area (Å²) in [4.78, 5) is 0. The second-order valence-corrected chi connectivity index (χ2v) is 13.3. The van der Waals surface area contributed by atoms with Crippen molar-refractivity contribution in [2.75, 3.05) is 0 Å². The lowest BCUT2D eigenvalue weighted by Crippen LogP contribution is -2.10. The lowest BCUT2D eigenvalue weighted by atomic mass is 9.85. The molecule has 0 atom stereocenters. The molecule has 0 saturated carbocycles. The van der Waals surface area contributed by atoms with Gasteiger partial charge in [-0.2, -0.15) is 8.75 Å². The second kappa shape index (κ2) is 8.50. The third-order valence-corrected chi connectivity index (χ3v) is 8.47. The summed E-state index contributed by atoms with van der Waals surface area (Å²) in [5.74, 6) is 0. The van der Waals surface area contributed by atoms with E-state index in [1.165, 1.54) is 44.7 Å². The number of halogens is 1. The molecule has 0 N–H and O–H groups in total. The molecule has 3 nitrogen and oxygen atoms in total. The summed E-state index contributed by atoms with van der Waals surface area (Å²) in [6, 6.07) is 26.9. The molecule has 0 saturated heterocycles. The first-order valence-electron chi connectivity index (χ1n) is 12.6. The largest absolute Gasteiger partial charge is 0.309 e. The van der Waals surface area contributed by atoms with E-state index in [-0.39, 0.29) is 10.8 Å². The number of benzene rings is 4. The summed E-state index contributed by atoms with van der Waals surface area (Å²) in [6.07, 6.45) is 0. The number of nitrogens with zero attached hydrogens (tertiary/aromatic N) is 3. The molecule has 5 heteroatoms. The normalized spacial score (nSPS) is 12.7. The Hall–Kier alpha value is -3.02. The molecule has 6 aromatic rings. The van der Waals surface area contributed by atoms with Crippen LogP contribution in [0.25, 0.3) is 49.7 Å². The van der Waals surface area contributed by atoms with Crippen LogP contribution in [0.3, 0.4) is 0 Å². The fraction of sp³-hybridized carbons (Fsp3) is 0.250. The van der Waals surface area contributed by atoms with E-state index < -0.39 is 0 Å². The van der Waals surface area contributed by atoms with Crippen molar-refractivity contribution in [3.05, 3.63) is 88.4 Å². The Morgan fingerprint density at radius 1 is 0.649 bits per heavy atom. The summed E-state index contributed by atoms with van der Waals surface area (Å²) < 4.78 is 12.4. The van der Waals surface area contributed by atoms with E-state index >= 15 is 0 Å². The molecule has 186 valence electrons. The zero-order valence-electron chi connectivity index (χ0n) is 22.1. The summed E-state index contributed by atoms with van der Waals surface area (Å²) >= 11 is 4.85. The Morgan fingerprint density at radius 3 is 1.73 bits per heavy atom. The molecule has 0 aliphatic heterocycles. The van der Waals surface area contributed by atoms with Crippen LogP contribution in [0.5, 0.6) is 0 Å². The van der Waals surface area contributed by atoms with Crippen molar-refractivity contribution >= 4 is 60.5 Å². The molecule has 0 radical (unpaired) electrons. The van der Waals surface area contributed by atoms with Gasteiger partial charge in [0.25, 0.3) is 0 Å². The molecule has 2 aromatic heterocycles. The fourth-order valence-corrected chi connectivity index (χ4v) is 6.19. The molecule has 6 rings (SSSR count). The number of hydrogen-bond acceptors (Lipinski definition) is 3. The standard InChI is InChI=1S/C32H30BrN3S/c1-31(2,3)20-9-15-27-24(17-20)25-18-21(32(4,5)6)10-16-28(25)36(27)22-11-7-19(8-12-22)23-13-14-26(33)30-29(23)34-37-35-30/h7-18H,1-6H3. The van der Waals surface area contributed by atoms with Crippen molar-refractivity contribution in [1.29, 1.82) is 0 Å². The van der Waals surface area contributed by atoms with Gasteiger partial charge in [0.15, 0.2) is 0 Å². The molecular weight excluding hydrogens is 538 g/mol. The average molecular weight is 569 g/mol. The maximum absolute atomic E-state index is 4.56. The number of hydrogen-bond donors (Lipinski definition) is 0. The quantitative estimate of drug-likeness (QED) is 0.208. The van der Waals surface area contributed by atoms with Gasteiger partial charge in [0.2, 0.25) is 0 Å². The molecular formula is C32H30BrN3S. The van der Waals surface area contributed by atoms with E-state index in [2.05, 4.69) is 144 Å². The van der Waals surface area contributed by atoms with E-state index in [0.29, 0.717) is 0 Å². The number of rotatable bonds is 2. The third-order valence-electron chi connectivity index (χ3n) is 7.30. The maximum Gasteiger partial charge on any atom is 0.119 e. The highest BCUT2D eigenvalue weighted by Gasteiger charge is 2.21. The van der Waals surface area contributed by atoms with Gasteiger partial charge in [-0.3, -0.25) is 0 Å². The maximum atomic E-state index is 4.56. The van der Waals surface area contributed by atoms with E-state index in [9.17, 15) is 0 Å². The predicted octanol–water partition coefficient (Wildman–Crippen LogP) is 9.81. The van der Waals surface area contributed by atoms with Gasteiger partial charge in [-0.1, -0.05) is 71.9 Å². The number of aromatic nitrogens is 3. The van der Waals surface area contributed by atoms with Gasteiger partial charge in [-0.25, -0.2) is 0 Å². The molecule has 0 spiro atoms. The van der Waals surface area contributed by atoms with E-state index in [4.69, 9.17) is 0 Å². The summed E-state index contributed by atoms with van der Waals surface area (Å²) in [5, 5.41) is 2.61. The molecule has 0 fully saturated rings. The van der Waals surface area contributed by atoms with Gasteiger partial charge in [0, 0.05) is 26.5 Å². The Labute approximate surface area is 230 Å². The van der Waals surface area contributed by atoms with Crippen molar-refractivity contribution < 1.29 is 0 Å². The molecule has 4 aromatic carbocycles. The highest BCUT2D eigenvalue weighted by molar-refractivity contribution is 9.10. The first-order valence-corrected chi connectivity index (χ1v) is 14.2. The van der Waals surface area contributed by atoms with Crippen molar-refractivity contribution in [3.8, 4) is 16.8 Å². The van der Waals surface area contributed by atoms with Crippen molar-refractivity contribution in [2.45, 2.75) is 52.4 Å². The van der Waals surface area contributed by atoms with Crippen LogP contribution < -0.4 is 0 Å². The van der Waals surface area contributed by atoms with Crippen LogP contribution >= 0.6 is 27.7 Å². The molecule has 0 amide bonds. The molecule has 0 aliphatic rings. The van der Waals surface area contributed by atoms with Gasteiger partial charge in [0.05, 0.1) is 22.8 Å². The van der Waals surface area contributed by atoms with E-state index in [1.54, 1.807) is 0 Å². The summed E-state index contributed by atoms with van der Waals surface area (Å²) in [7, 11) is 0. The first kappa shape index (κ1) is 24.3. The predicted molar refractivity (Wildman–Crippen MR) is 162 cm³/mol. The molecule has 0 unspecified atom stereocenters. The molecule has 2 heterocycles. The Bertz CT molecular complexity index is 1720. The third kappa shape index (κ3) is 4.09. The first-order chi connectivity index (χ1) is 17.5. The fourth-order valence-electron chi connectivity index (χ4n) is 5.09. The SMILES string of the molecule is CC(C)(C)c1ccc2c(c1)c1cc(C(C)(C)C)ccc1n2-c1ccc(-c2ccc(Br)c3nsnc23)cc1.